The van der Waals surface area contributed by atoms with Crippen LogP contribution < -0.4 is 15.4 Å². The van der Waals surface area contributed by atoms with E-state index in [4.69, 9.17) is 4.74 Å². The maximum Gasteiger partial charge on any atom is 0.387 e. The zero-order valence-corrected chi connectivity index (χ0v) is 16.3. The Hall–Kier alpha value is -1.93. The topological polar surface area (TPSA) is 58.1 Å². The Morgan fingerprint density at radius 1 is 1.37 bits per heavy atom. The van der Waals surface area contributed by atoms with Gasteiger partial charge in [0.25, 0.3) is 0 Å². The summed E-state index contributed by atoms with van der Waals surface area (Å²) in [6.07, 6.45) is 0. The number of halogens is 2. The predicted octanol–water partition coefficient (Wildman–Crippen LogP) is 2.45. The van der Waals surface area contributed by atoms with Crippen molar-refractivity contribution in [2.45, 2.75) is 46.0 Å². The van der Waals surface area contributed by atoms with Gasteiger partial charge in [-0.05, 0) is 26.8 Å². The molecule has 0 radical (unpaired) electrons. The Morgan fingerprint density at radius 3 is 2.85 bits per heavy atom. The summed E-state index contributed by atoms with van der Waals surface area (Å²) in [7, 11) is 0. The van der Waals surface area contributed by atoms with Crippen molar-refractivity contribution in [2.75, 3.05) is 32.8 Å². The van der Waals surface area contributed by atoms with Gasteiger partial charge in [-0.15, -0.1) is 0 Å². The number of hydrogen-bond donors (Lipinski definition) is 2. The number of nitrogens with zero attached hydrogens (tertiary/aromatic N) is 2. The number of rotatable bonds is 8. The summed E-state index contributed by atoms with van der Waals surface area (Å²) in [4.78, 5) is 6.92. The molecule has 0 aliphatic carbocycles. The first kappa shape index (κ1) is 21.4. The number of hydrogen-bond acceptors (Lipinski definition) is 4. The number of para-hydroxylation sites is 1. The smallest absolute Gasteiger partial charge is 0.387 e. The number of aliphatic imine (C=N–C) groups is 1. The average Bonchev–Trinajstić information content (AvgIpc) is 2.64. The minimum Gasteiger partial charge on any atom is -0.434 e. The number of ether oxygens (including phenoxy) is 2. The molecule has 1 aromatic rings. The van der Waals surface area contributed by atoms with Crippen LogP contribution in [0.3, 0.4) is 0 Å². The van der Waals surface area contributed by atoms with E-state index in [1.54, 1.807) is 18.2 Å². The van der Waals surface area contributed by atoms with E-state index in [-0.39, 0.29) is 12.3 Å². The second-order valence-electron chi connectivity index (χ2n) is 6.57. The van der Waals surface area contributed by atoms with E-state index in [2.05, 4.69) is 39.1 Å². The molecule has 0 aromatic heterocycles. The van der Waals surface area contributed by atoms with Gasteiger partial charge >= 0.3 is 6.61 Å². The SMILES string of the molecule is CCNC(=NCc1ccccc1OC(F)F)NCC(C)N1CCOCC1C. The van der Waals surface area contributed by atoms with E-state index >= 15 is 0 Å². The lowest BCUT2D eigenvalue weighted by Crippen LogP contribution is -2.53. The van der Waals surface area contributed by atoms with Crippen molar-refractivity contribution in [3.8, 4) is 5.75 Å². The van der Waals surface area contributed by atoms with Crippen LogP contribution >= 0.6 is 0 Å². The van der Waals surface area contributed by atoms with Gasteiger partial charge in [-0.25, -0.2) is 4.99 Å². The van der Waals surface area contributed by atoms with Gasteiger partial charge in [0.1, 0.15) is 5.75 Å². The van der Waals surface area contributed by atoms with Gasteiger partial charge < -0.3 is 20.1 Å². The zero-order valence-electron chi connectivity index (χ0n) is 16.3. The first-order valence-electron chi connectivity index (χ1n) is 9.39. The van der Waals surface area contributed by atoms with Gasteiger partial charge in [-0.2, -0.15) is 8.78 Å². The van der Waals surface area contributed by atoms with Gasteiger partial charge in [0.2, 0.25) is 0 Å². The molecular weight excluding hydrogens is 354 g/mol. The second kappa shape index (κ2) is 11.0. The highest BCUT2D eigenvalue weighted by Gasteiger charge is 2.23. The fourth-order valence-corrected chi connectivity index (χ4v) is 3.11. The van der Waals surface area contributed by atoms with Crippen LogP contribution in [0.5, 0.6) is 5.75 Å². The molecule has 27 heavy (non-hydrogen) atoms. The molecule has 0 amide bonds. The van der Waals surface area contributed by atoms with Crippen LogP contribution in [0.2, 0.25) is 0 Å². The van der Waals surface area contributed by atoms with Crippen molar-refractivity contribution >= 4 is 5.96 Å². The molecule has 1 heterocycles. The van der Waals surface area contributed by atoms with Crippen molar-refractivity contribution in [1.82, 2.24) is 15.5 Å². The lowest BCUT2D eigenvalue weighted by Gasteiger charge is -2.38. The molecule has 1 aromatic carbocycles. The molecule has 6 nitrogen and oxygen atoms in total. The first-order chi connectivity index (χ1) is 13.0. The second-order valence-corrected chi connectivity index (χ2v) is 6.57. The third kappa shape index (κ3) is 6.95. The third-order valence-electron chi connectivity index (χ3n) is 4.49. The van der Waals surface area contributed by atoms with Crippen molar-refractivity contribution in [3.63, 3.8) is 0 Å². The van der Waals surface area contributed by atoms with E-state index in [9.17, 15) is 8.78 Å². The van der Waals surface area contributed by atoms with Gasteiger partial charge in [-0.1, -0.05) is 18.2 Å². The molecule has 0 spiro atoms. The van der Waals surface area contributed by atoms with E-state index in [1.165, 1.54) is 6.07 Å². The number of alkyl halides is 2. The molecule has 0 saturated carbocycles. The van der Waals surface area contributed by atoms with Gasteiger partial charge in [-0.3, -0.25) is 4.90 Å². The number of guanidine groups is 1. The van der Waals surface area contributed by atoms with E-state index in [0.717, 1.165) is 26.3 Å². The molecule has 2 rings (SSSR count). The third-order valence-corrected chi connectivity index (χ3v) is 4.49. The molecule has 2 atom stereocenters. The van der Waals surface area contributed by atoms with Crippen molar-refractivity contribution in [2.24, 2.45) is 4.99 Å². The fourth-order valence-electron chi connectivity index (χ4n) is 3.11. The molecule has 1 aliphatic heterocycles. The number of benzene rings is 1. The minimum absolute atomic E-state index is 0.155. The van der Waals surface area contributed by atoms with E-state index in [1.807, 2.05) is 6.92 Å². The normalized spacial score (nSPS) is 19.8. The van der Waals surface area contributed by atoms with Crippen LogP contribution in [0.4, 0.5) is 8.78 Å². The molecule has 1 saturated heterocycles. The molecule has 2 N–H and O–H groups in total. The Kier molecular flexibility index (Phi) is 8.74. The van der Waals surface area contributed by atoms with Crippen LogP contribution in [0.25, 0.3) is 0 Å². The summed E-state index contributed by atoms with van der Waals surface area (Å²) in [5.74, 6) is 0.805. The van der Waals surface area contributed by atoms with Crippen LogP contribution in [-0.4, -0.2) is 62.4 Å². The highest BCUT2D eigenvalue weighted by molar-refractivity contribution is 5.79. The Balaban J connectivity index is 1.96. The summed E-state index contributed by atoms with van der Waals surface area (Å²) in [5.41, 5.74) is 0.616. The zero-order chi connectivity index (χ0) is 19.6. The maximum absolute atomic E-state index is 12.5. The van der Waals surface area contributed by atoms with Crippen LogP contribution in [0, 0.1) is 0 Å². The van der Waals surface area contributed by atoms with Crippen LogP contribution in [0.1, 0.15) is 26.3 Å². The molecule has 8 heteroatoms. The highest BCUT2D eigenvalue weighted by Crippen LogP contribution is 2.21. The summed E-state index contributed by atoms with van der Waals surface area (Å²) < 4.78 is 35.1. The molecule has 0 bridgehead atoms. The molecular formula is C19H30F2N4O2. The van der Waals surface area contributed by atoms with Crippen molar-refractivity contribution < 1.29 is 18.3 Å². The Bertz CT molecular complexity index is 601. The average molecular weight is 384 g/mol. The summed E-state index contributed by atoms with van der Waals surface area (Å²) in [6, 6.07) is 7.42. The molecule has 1 aliphatic rings. The van der Waals surface area contributed by atoms with Gasteiger partial charge in [0.15, 0.2) is 5.96 Å². The summed E-state index contributed by atoms with van der Waals surface area (Å²) in [6.45, 7) is 7.57. The monoisotopic (exact) mass is 384 g/mol. The quantitative estimate of drug-likeness (QED) is 0.533. The van der Waals surface area contributed by atoms with Crippen LogP contribution in [0.15, 0.2) is 29.3 Å². The lowest BCUT2D eigenvalue weighted by atomic mass is 10.2. The molecule has 1 fully saturated rings. The van der Waals surface area contributed by atoms with E-state index < -0.39 is 6.61 Å². The first-order valence-corrected chi connectivity index (χ1v) is 9.39. The number of morpholine rings is 1. The van der Waals surface area contributed by atoms with E-state index in [0.29, 0.717) is 30.2 Å². The largest absolute Gasteiger partial charge is 0.434 e. The Labute approximate surface area is 159 Å². The van der Waals surface area contributed by atoms with Gasteiger partial charge in [0.05, 0.1) is 19.8 Å². The predicted molar refractivity (Wildman–Crippen MR) is 102 cm³/mol. The standard InChI is InChI=1S/C19H30F2N4O2/c1-4-22-19(23-11-14(2)25-9-10-26-13-15(25)3)24-12-16-7-5-6-8-17(16)27-18(20)21/h5-8,14-15,18H,4,9-13H2,1-3H3,(H2,22,23,24). The minimum atomic E-state index is -2.85. The summed E-state index contributed by atoms with van der Waals surface area (Å²) in [5, 5.41) is 6.53. The molecule has 152 valence electrons. The van der Waals surface area contributed by atoms with Crippen LogP contribution in [-0.2, 0) is 11.3 Å². The molecule has 2 unspecified atom stereocenters. The van der Waals surface area contributed by atoms with Crippen molar-refractivity contribution in [1.29, 1.82) is 0 Å². The highest BCUT2D eigenvalue weighted by atomic mass is 19.3. The lowest BCUT2D eigenvalue weighted by molar-refractivity contribution is -0.0504. The number of nitrogens with one attached hydrogen (secondary N) is 2. The maximum atomic E-state index is 12.5. The van der Waals surface area contributed by atoms with Crippen molar-refractivity contribution in [3.05, 3.63) is 29.8 Å². The summed E-state index contributed by atoms with van der Waals surface area (Å²) >= 11 is 0. The van der Waals surface area contributed by atoms with Gasteiger partial charge in [0, 0.05) is 37.3 Å². The fraction of sp³-hybridized carbons (Fsp3) is 0.632. The Morgan fingerprint density at radius 2 is 2.15 bits per heavy atom.